The molecule has 0 bridgehead atoms. The average Bonchev–Trinajstić information content (AvgIpc) is 2.39. The fourth-order valence-corrected chi connectivity index (χ4v) is 2.78. The molecule has 0 aromatic carbocycles. The molecule has 2 aromatic heterocycles. The number of piperidine rings is 1. The molecule has 5 heteroatoms. The topological polar surface area (TPSA) is 46.4 Å². The summed E-state index contributed by atoms with van der Waals surface area (Å²) in [5, 5.41) is 3.98. The van der Waals surface area contributed by atoms with Crippen LogP contribution in [0.3, 0.4) is 0 Å². The summed E-state index contributed by atoms with van der Waals surface area (Å²) in [5.41, 5.74) is 1.44. The van der Waals surface area contributed by atoms with E-state index in [1.807, 2.05) is 0 Å². The second-order valence-corrected chi connectivity index (χ2v) is 5.51. The highest BCUT2D eigenvalue weighted by molar-refractivity contribution is 6.30. The molecular formula is C14H16ClN3O. The zero-order chi connectivity index (χ0) is 13.2. The lowest BCUT2D eigenvalue weighted by molar-refractivity contribution is 0.373. The molecule has 1 N–H and O–H groups in total. The second kappa shape index (κ2) is 5.31. The molecule has 1 saturated heterocycles. The number of hydrogen-bond donors (Lipinski definition) is 1. The van der Waals surface area contributed by atoms with Crippen LogP contribution in [0.25, 0.3) is 5.65 Å². The van der Waals surface area contributed by atoms with Crippen LogP contribution in [0.15, 0.2) is 29.2 Å². The van der Waals surface area contributed by atoms with Crippen LogP contribution in [-0.2, 0) is 6.42 Å². The Morgan fingerprint density at radius 2 is 2.37 bits per heavy atom. The van der Waals surface area contributed by atoms with Gasteiger partial charge in [-0.15, -0.1) is 0 Å². The van der Waals surface area contributed by atoms with Gasteiger partial charge in [0.15, 0.2) is 0 Å². The van der Waals surface area contributed by atoms with Crippen LogP contribution >= 0.6 is 11.6 Å². The molecule has 3 heterocycles. The third-order valence-corrected chi connectivity index (χ3v) is 3.81. The number of pyridine rings is 1. The lowest BCUT2D eigenvalue weighted by Gasteiger charge is -2.22. The van der Waals surface area contributed by atoms with Crippen LogP contribution in [0.1, 0.15) is 18.5 Å². The van der Waals surface area contributed by atoms with E-state index in [4.69, 9.17) is 11.6 Å². The van der Waals surface area contributed by atoms with Crippen molar-refractivity contribution < 1.29 is 0 Å². The van der Waals surface area contributed by atoms with Gasteiger partial charge in [0.2, 0.25) is 0 Å². The zero-order valence-corrected chi connectivity index (χ0v) is 11.4. The van der Waals surface area contributed by atoms with Gasteiger partial charge >= 0.3 is 0 Å². The number of rotatable bonds is 2. The van der Waals surface area contributed by atoms with Crippen molar-refractivity contribution in [2.24, 2.45) is 5.92 Å². The van der Waals surface area contributed by atoms with E-state index in [0.717, 1.165) is 25.2 Å². The van der Waals surface area contributed by atoms with Crippen LogP contribution in [-0.4, -0.2) is 22.5 Å². The number of fused-ring (bicyclic) bond motifs is 1. The maximum atomic E-state index is 12.0. The summed E-state index contributed by atoms with van der Waals surface area (Å²) < 4.78 is 1.52. The lowest BCUT2D eigenvalue weighted by atomic mass is 9.94. The molecule has 1 atom stereocenters. The van der Waals surface area contributed by atoms with Crippen molar-refractivity contribution in [1.82, 2.24) is 14.7 Å². The number of hydrogen-bond acceptors (Lipinski definition) is 3. The highest BCUT2D eigenvalue weighted by atomic mass is 35.5. The molecule has 1 aliphatic heterocycles. The molecule has 0 saturated carbocycles. The predicted molar refractivity (Wildman–Crippen MR) is 75.8 cm³/mol. The van der Waals surface area contributed by atoms with Crippen molar-refractivity contribution in [2.75, 3.05) is 13.1 Å². The average molecular weight is 278 g/mol. The quantitative estimate of drug-likeness (QED) is 0.912. The fraction of sp³-hybridized carbons (Fsp3) is 0.429. The van der Waals surface area contributed by atoms with Gasteiger partial charge in [-0.3, -0.25) is 9.20 Å². The Morgan fingerprint density at radius 1 is 1.47 bits per heavy atom. The second-order valence-electron chi connectivity index (χ2n) is 5.08. The summed E-state index contributed by atoms with van der Waals surface area (Å²) >= 11 is 5.95. The van der Waals surface area contributed by atoms with Crippen molar-refractivity contribution in [3.63, 3.8) is 0 Å². The number of aromatic nitrogens is 2. The molecule has 1 aliphatic rings. The van der Waals surface area contributed by atoms with E-state index in [1.54, 1.807) is 24.4 Å². The monoisotopic (exact) mass is 277 g/mol. The molecular weight excluding hydrogens is 262 g/mol. The first-order chi connectivity index (χ1) is 9.22. The smallest absolute Gasteiger partial charge is 0.258 e. The van der Waals surface area contributed by atoms with Crippen molar-refractivity contribution in [1.29, 1.82) is 0 Å². The first-order valence-electron chi connectivity index (χ1n) is 6.61. The van der Waals surface area contributed by atoms with Gasteiger partial charge in [-0.2, -0.15) is 0 Å². The van der Waals surface area contributed by atoms with Gasteiger partial charge in [-0.05, 0) is 44.3 Å². The number of nitrogens with zero attached hydrogens (tertiary/aromatic N) is 2. The van der Waals surface area contributed by atoms with Crippen LogP contribution in [0.5, 0.6) is 0 Å². The van der Waals surface area contributed by atoms with Crippen molar-refractivity contribution >= 4 is 17.2 Å². The van der Waals surface area contributed by atoms with Crippen LogP contribution in [0.4, 0.5) is 0 Å². The maximum Gasteiger partial charge on any atom is 0.258 e. The zero-order valence-electron chi connectivity index (χ0n) is 10.6. The van der Waals surface area contributed by atoms with E-state index in [-0.39, 0.29) is 5.56 Å². The van der Waals surface area contributed by atoms with Crippen LogP contribution in [0.2, 0.25) is 5.02 Å². The van der Waals surface area contributed by atoms with Gasteiger partial charge in [0.05, 0.1) is 0 Å². The Balaban J connectivity index is 1.93. The molecule has 0 spiro atoms. The highest BCUT2D eigenvalue weighted by Gasteiger charge is 2.15. The van der Waals surface area contributed by atoms with Gasteiger partial charge in [-0.1, -0.05) is 11.6 Å². The van der Waals surface area contributed by atoms with E-state index in [9.17, 15) is 4.79 Å². The minimum absolute atomic E-state index is 0.0413. The molecule has 100 valence electrons. The molecule has 1 fully saturated rings. The molecule has 19 heavy (non-hydrogen) atoms. The van der Waals surface area contributed by atoms with Gasteiger partial charge in [0.1, 0.15) is 5.65 Å². The maximum absolute atomic E-state index is 12.0. The van der Waals surface area contributed by atoms with Crippen molar-refractivity contribution in [2.45, 2.75) is 19.3 Å². The van der Waals surface area contributed by atoms with E-state index >= 15 is 0 Å². The molecule has 4 nitrogen and oxygen atoms in total. The van der Waals surface area contributed by atoms with Gasteiger partial charge in [-0.25, -0.2) is 4.98 Å². The normalized spacial score (nSPS) is 19.7. The number of halogens is 1. The Kier molecular flexibility index (Phi) is 3.53. The van der Waals surface area contributed by atoms with E-state index in [1.165, 1.54) is 17.2 Å². The lowest BCUT2D eigenvalue weighted by Crippen LogP contribution is -2.31. The highest BCUT2D eigenvalue weighted by Crippen LogP contribution is 2.15. The standard InChI is InChI=1S/C14H16ClN3O/c15-11-3-5-18-13(7-11)17-12(8-14(18)19)6-10-2-1-4-16-9-10/h3,5,7-8,10,16H,1-2,4,6,9H2. The van der Waals surface area contributed by atoms with Crippen LogP contribution in [0, 0.1) is 5.92 Å². The molecule has 3 rings (SSSR count). The predicted octanol–water partition coefficient (Wildman–Crippen LogP) is 1.89. The SMILES string of the molecule is O=c1cc(CC2CCCNC2)nc2cc(Cl)ccn12. The summed E-state index contributed by atoms with van der Waals surface area (Å²) in [6.07, 6.45) is 4.91. The Bertz CT molecular complexity index is 647. The summed E-state index contributed by atoms with van der Waals surface area (Å²) in [6.45, 7) is 2.11. The van der Waals surface area contributed by atoms with Crippen LogP contribution < -0.4 is 10.9 Å². The first-order valence-corrected chi connectivity index (χ1v) is 6.99. The largest absolute Gasteiger partial charge is 0.316 e. The Hall–Kier alpha value is -1.39. The van der Waals surface area contributed by atoms with Gasteiger partial charge < -0.3 is 5.32 Å². The fourth-order valence-electron chi connectivity index (χ4n) is 2.63. The molecule has 0 radical (unpaired) electrons. The summed E-state index contributed by atoms with van der Waals surface area (Å²) in [4.78, 5) is 16.6. The first kappa shape index (κ1) is 12.6. The molecule has 2 aromatic rings. The van der Waals surface area contributed by atoms with Gasteiger partial charge in [0.25, 0.3) is 5.56 Å². The molecule has 0 aliphatic carbocycles. The minimum atomic E-state index is -0.0413. The summed E-state index contributed by atoms with van der Waals surface area (Å²) in [5.74, 6) is 0.572. The van der Waals surface area contributed by atoms with Crippen molar-refractivity contribution in [3.8, 4) is 0 Å². The Morgan fingerprint density at radius 3 is 3.16 bits per heavy atom. The third-order valence-electron chi connectivity index (χ3n) is 3.58. The minimum Gasteiger partial charge on any atom is -0.316 e. The third kappa shape index (κ3) is 2.80. The molecule has 1 unspecified atom stereocenters. The van der Waals surface area contributed by atoms with E-state index in [0.29, 0.717) is 16.6 Å². The number of nitrogens with one attached hydrogen (secondary N) is 1. The summed E-state index contributed by atoms with van der Waals surface area (Å²) in [7, 11) is 0. The van der Waals surface area contributed by atoms with Crippen molar-refractivity contribution in [3.05, 3.63) is 45.5 Å². The van der Waals surface area contributed by atoms with E-state index < -0.39 is 0 Å². The molecule has 0 amide bonds. The van der Waals surface area contributed by atoms with Gasteiger partial charge in [0, 0.05) is 29.0 Å². The summed E-state index contributed by atoms with van der Waals surface area (Å²) in [6, 6.07) is 5.06. The van der Waals surface area contributed by atoms with E-state index in [2.05, 4.69) is 10.3 Å². The Labute approximate surface area is 116 Å².